The average molecular weight is 387 g/mol. The number of rotatable bonds is 16. The lowest BCUT2D eigenvalue weighted by molar-refractivity contribution is -0.167. The molecular weight excluding hydrogens is 344 g/mol. The van der Waals surface area contributed by atoms with Crippen LogP contribution in [0, 0.1) is 0 Å². The topological polar surface area (TPSA) is 83.8 Å². The minimum absolute atomic E-state index is 0.182. The number of hydrogen-bond donors (Lipinski definition) is 2. The van der Waals surface area contributed by atoms with Crippen LogP contribution in [0.2, 0.25) is 0 Å². The quantitative estimate of drug-likeness (QED) is 0.167. The van der Waals surface area contributed by atoms with E-state index in [1.54, 1.807) is 6.08 Å². The summed E-state index contributed by atoms with van der Waals surface area (Å²) in [4.78, 5) is 22.4. The molecule has 0 aliphatic heterocycles. The van der Waals surface area contributed by atoms with Crippen LogP contribution in [0.5, 0.6) is 0 Å². The molecular formula is C22H42O5. The normalized spacial score (nSPS) is 11.3. The summed E-state index contributed by atoms with van der Waals surface area (Å²) in [5, 5.41) is 17.5. The molecule has 0 radical (unpaired) electrons. The highest BCUT2D eigenvalue weighted by molar-refractivity contribution is 5.87. The van der Waals surface area contributed by atoms with E-state index in [2.05, 4.69) is 18.2 Å². The Kier molecular flexibility index (Phi) is 23.7. The van der Waals surface area contributed by atoms with Crippen molar-refractivity contribution >= 4 is 11.9 Å². The highest BCUT2D eigenvalue weighted by Crippen LogP contribution is 2.13. The first-order chi connectivity index (χ1) is 13.0. The van der Waals surface area contributed by atoms with Crippen LogP contribution in [0.1, 0.15) is 104 Å². The van der Waals surface area contributed by atoms with Crippen LogP contribution in [-0.4, -0.2) is 34.9 Å². The summed E-state index contributed by atoms with van der Waals surface area (Å²) in [7, 11) is 0. The van der Waals surface area contributed by atoms with Crippen molar-refractivity contribution in [3.05, 3.63) is 12.7 Å². The number of ether oxygens (including phenoxy) is 1. The third-order valence-corrected chi connectivity index (χ3v) is 4.14. The highest BCUT2D eigenvalue weighted by atomic mass is 16.6. The van der Waals surface area contributed by atoms with Crippen LogP contribution in [0.3, 0.4) is 0 Å². The van der Waals surface area contributed by atoms with Crippen molar-refractivity contribution in [2.75, 3.05) is 6.61 Å². The van der Waals surface area contributed by atoms with Crippen molar-refractivity contribution in [1.29, 1.82) is 0 Å². The van der Waals surface area contributed by atoms with E-state index < -0.39 is 24.6 Å². The van der Waals surface area contributed by atoms with Crippen LogP contribution in [0.15, 0.2) is 12.7 Å². The molecule has 160 valence electrons. The first kappa shape index (κ1) is 28.0. The van der Waals surface area contributed by atoms with Crippen LogP contribution < -0.4 is 0 Å². The van der Waals surface area contributed by atoms with Gasteiger partial charge in [0, 0.05) is 6.42 Å². The Balaban J connectivity index is 0. The lowest BCUT2D eigenvalue weighted by Gasteiger charge is -2.06. The zero-order valence-electron chi connectivity index (χ0n) is 17.6. The number of hydrogen-bond acceptors (Lipinski definition) is 5. The van der Waals surface area contributed by atoms with Crippen LogP contribution in [0.25, 0.3) is 0 Å². The molecule has 0 saturated carbocycles. The van der Waals surface area contributed by atoms with Gasteiger partial charge < -0.3 is 14.9 Å². The van der Waals surface area contributed by atoms with E-state index in [1.807, 2.05) is 6.92 Å². The fourth-order valence-electron chi connectivity index (χ4n) is 2.59. The first-order valence-electron chi connectivity index (χ1n) is 10.6. The third kappa shape index (κ3) is 22.8. The minimum Gasteiger partial charge on any atom is -0.393 e. The Bertz CT molecular complexity index is 355. The van der Waals surface area contributed by atoms with Crippen molar-refractivity contribution in [2.45, 2.75) is 110 Å². The fraction of sp³-hybridized carbons (Fsp3) is 0.818. The number of aliphatic hydroxyl groups is 2. The van der Waals surface area contributed by atoms with Gasteiger partial charge in [-0.15, -0.1) is 6.58 Å². The average Bonchev–Trinajstić information content (AvgIpc) is 2.65. The summed E-state index contributed by atoms with van der Waals surface area (Å²) in [6, 6.07) is 0. The van der Waals surface area contributed by atoms with E-state index in [0.717, 1.165) is 12.8 Å². The number of allylic oxidation sites excluding steroid dienone is 1. The van der Waals surface area contributed by atoms with Gasteiger partial charge in [0.25, 0.3) is 0 Å². The second-order valence-corrected chi connectivity index (χ2v) is 6.89. The SMILES string of the molecule is C=CC.CCCCCCCCCCCCCCCC(=O)OC(=O)C(O)CO. The van der Waals surface area contributed by atoms with Crippen molar-refractivity contribution < 1.29 is 24.5 Å². The maximum atomic E-state index is 11.3. The number of aliphatic hydroxyl groups excluding tert-OH is 2. The summed E-state index contributed by atoms with van der Waals surface area (Å²) in [6.45, 7) is 6.76. The van der Waals surface area contributed by atoms with Crippen LogP contribution >= 0.6 is 0 Å². The Morgan fingerprint density at radius 1 is 0.889 bits per heavy atom. The molecule has 5 heteroatoms. The van der Waals surface area contributed by atoms with Crippen molar-refractivity contribution in [3.63, 3.8) is 0 Å². The molecule has 0 bridgehead atoms. The molecule has 0 aliphatic rings. The molecule has 1 atom stereocenters. The Labute approximate surface area is 166 Å². The zero-order chi connectivity index (χ0) is 20.8. The third-order valence-electron chi connectivity index (χ3n) is 4.14. The van der Waals surface area contributed by atoms with E-state index >= 15 is 0 Å². The second-order valence-electron chi connectivity index (χ2n) is 6.89. The number of esters is 2. The monoisotopic (exact) mass is 386 g/mol. The van der Waals surface area contributed by atoms with Gasteiger partial charge in [-0.3, -0.25) is 4.79 Å². The van der Waals surface area contributed by atoms with Gasteiger partial charge in [0.1, 0.15) is 0 Å². The molecule has 5 nitrogen and oxygen atoms in total. The van der Waals surface area contributed by atoms with Gasteiger partial charge in [0.15, 0.2) is 6.10 Å². The standard InChI is InChI=1S/C19H36O5.C3H6/c1-2-3-4-5-6-7-8-9-10-11-12-13-14-15-18(22)24-19(23)17(21)16-20;1-3-2/h17,20-21H,2-16H2,1H3;3H,1H2,2H3. The summed E-state index contributed by atoms with van der Waals surface area (Å²) in [6.07, 6.45) is 16.2. The van der Waals surface area contributed by atoms with Gasteiger partial charge in [-0.25, -0.2) is 4.79 Å². The van der Waals surface area contributed by atoms with Crippen molar-refractivity contribution in [3.8, 4) is 0 Å². The smallest absolute Gasteiger partial charge is 0.345 e. The van der Waals surface area contributed by atoms with E-state index in [4.69, 9.17) is 10.2 Å². The van der Waals surface area contributed by atoms with E-state index in [1.165, 1.54) is 64.2 Å². The van der Waals surface area contributed by atoms with Crippen molar-refractivity contribution in [1.82, 2.24) is 0 Å². The summed E-state index contributed by atoms with van der Waals surface area (Å²) in [5.41, 5.74) is 0. The van der Waals surface area contributed by atoms with Gasteiger partial charge in [0.05, 0.1) is 6.61 Å². The molecule has 0 fully saturated rings. The molecule has 1 unspecified atom stereocenters. The van der Waals surface area contributed by atoms with Gasteiger partial charge in [-0.2, -0.15) is 0 Å². The van der Waals surface area contributed by atoms with Crippen LogP contribution in [-0.2, 0) is 14.3 Å². The molecule has 0 spiro atoms. The lowest BCUT2D eigenvalue weighted by Crippen LogP contribution is -2.28. The molecule has 0 saturated heterocycles. The molecule has 0 rings (SSSR count). The molecule has 27 heavy (non-hydrogen) atoms. The summed E-state index contributed by atoms with van der Waals surface area (Å²) >= 11 is 0. The molecule has 0 aromatic rings. The zero-order valence-corrected chi connectivity index (χ0v) is 17.6. The summed E-state index contributed by atoms with van der Waals surface area (Å²) < 4.78 is 4.42. The predicted molar refractivity (Wildman–Crippen MR) is 110 cm³/mol. The van der Waals surface area contributed by atoms with Gasteiger partial charge in [0.2, 0.25) is 0 Å². The fourth-order valence-corrected chi connectivity index (χ4v) is 2.59. The molecule has 0 heterocycles. The molecule has 2 N–H and O–H groups in total. The predicted octanol–water partition coefficient (Wildman–Crippen LogP) is 5.08. The Morgan fingerprint density at radius 3 is 1.63 bits per heavy atom. The molecule has 0 aromatic carbocycles. The maximum Gasteiger partial charge on any atom is 0.345 e. The largest absolute Gasteiger partial charge is 0.393 e. The minimum atomic E-state index is -1.62. The molecule has 0 aliphatic carbocycles. The van der Waals surface area contributed by atoms with Gasteiger partial charge in [-0.1, -0.05) is 90.0 Å². The van der Waals surface area contributed by atoms with Gasteiger partial charge >= 0.3 is 11.9 Å². The highest BCUT2D eigenvalue weighted by Gasteiger charge is 2.18. The maximum absolute atomic E-state index is 11.3. The Hall–Kier alpha value is -1.20. The van der Waals surface area contributed by atoms with Crippen LogP contribution in [0.4, 0.5) is 0 Å². The van der Waals surface area contributed by atoms with Crippen molar-refractivity contribution in [2.24, 2.45) is 0 Å². The first-order valence-corrected chi connectivity index (χ1v) is 10.6. The summed E-state index contributed by atoms with van der Waals surface area (Å²) in [5.74, 6) is -1.70. The number of carbonyl (C=O) groups is 2. The van der Waals surface area contributed by atoms with Gasteiger partial charge in [-0.05, 0) is 13.3 Å². The Morgan fingerprint density at radius 2 is 1.26 bits per heavy atom. The number of unbranched alkanes of at least 4 members (excludes halogenated alkanes) is 12. The molecule has 0 amide bonds. The second kappa shape index (κ2) is 22.8. The van der Waals surface area contributed by atoms with E-state index in [9.17, 15) is 9.59 Å². The van der Waals surface area contributed by atoms with E-state index in [-0.39, 0.29) is 6.42 Å². The lowest BCUT2D eigenvalue weighted by atomic mass is 10.0. The van der Waals surface area contributed by atoms with E-state index in [0.29, 0.717) is 6.42 Å². The molecule has 0 aromatic heterocycles. The number of carbonyl (C=O) groups excluding carboxylic acids is 2.